The van der Waals surface area contributed by atoms with Gasteiger partial charge in [0.25, 0.3) is 0 Å². The monoisotopic (exact) mass is 198 g/mol. The molecule has 72 valence electrons. The van der Waals surface area contributed by atoms with Crippen molar-refractivity contribution in [3.05, 3.63) is 35.9 Å². The van der Waals surface area contributed by atoms with Gasteiger partial charge in [0.1, 0.15) is 0 Å². The Hall–Kier alpha value is -0.960. The number of Topliss-reactive ketones (excluding diaryl/α,β-unsaturated/α-hetero) is 1. The van der Waals surface area contributed by atoms with Crippen LogP contribution in [0, 0.1) is 0 Å². The smallest absolute Gasteiger partial charge is 0.159 e. The van der Waals surface area contributed by atoms with Gasteiger partial charge in [0, 0.05) is 28.9 Å². The van der Waals surface area contributed by atoms with Gasteiger partial charge in [0.05, 0.1) is 0 Å². The van der Waals surface area contributed by atoms with Crippen molar-refractivity contribution >= 4 is 16.6 Å². The van der Waals surface area contributed by atoms with Gasteiger partial charge in [0.15, 0.2) is 5.78 Å². The SMILES string of the molecule is CC(=O)c1ccccc1.CS(C)=O. The summed E-state index contributed by atoms with van der Waals surface area (Å²) >= 11 is 0. The second-order valence-electron chi connectivity index (χ2n) is 2.66. The van der Waals surface area contributed by atoms with Crippen LogP contribution >= 0.6 is 0 Å². The summed E-state index contributed by atoms with van der Waals surface area (Å²) in [4.78, 5) is 10.6. The summed E-state index contributed by atoms with van der Waals surface area (Å²) < 4.78 is 9.56. The Morgan fingerprint density at radius 3 is 1.77 bits per heavy atom. The normalized spacial score (nSPS) is 8.92. The highest BCUT2D eigenvalue weighted by molar-refractivity contribution is 7.83. The lowest BCUT2D eigenvalue weighted by atomic mass is 10.2. The molecule has 1 rings (SSSR count). The topological polar surface area (TPSA) is 34.1 Å². The standard InChI is InChI=1S/C8H8O.C2H6OS/c1-7(9)8-5-3-2-4-6-8;1-4(2)3/h2-6H,1H3;1-2H3. The van der Waals surface area contributed by atoms with E-state index in [1.807, 2.05) is 30.3 Å². The molecule has 0 saturated carbocycles. The number of benzene rings is 1. The van der Waals surface area contributed by atoms with E-state index >= 15 is 0 Å². The first-order valence-corrected chi connectivity index (χ1v) is 5.81. The van der Waals surface area contributed by atoms with Gasteiger partial charge < -0.3 is 0 Å². The van der Waals surface area contributed by atoms with Crippen LogP contribution in [0.3, 0.4) is 0 Å². The minimum Gasteiger partial charge on any atom is -0.295 e. The van der Waals surface area contributed by atoms with Crippen molar-refractivity contribution in [2.75, 3.05) is 12.5 Å². The minimum atomic E-state index is -0.611. The van der Waals surface area contributed by atoms with E-state index in [0.717, 1.165) is 5.56 Å². The van der Waals surface area contributed by atoms with Crippen molar-refractivity contribution in [1.82, 2.24) is 0 Å². The molecular formula is C10H14O2S. The number of ketones is 1. The van der Waals surface area contributed by atoms with Crippen LogP contribution in [-0.4, -0.2) is 22.5 Å². The minimum absolute atomic E-state index is 0.121. The van der Waals surface area contributed by atoms with Gasteiger partial charge in [-0.2, -0.15) is 0 Å². The van der Waals surface area contributed by atoms with Crippen molar-refractivity contribution in [1.29, 1.82) is 0 Å². The predicted molar refractivity (Wildman–Crippen MR) is 56.4 cm³/mol. The Morgan fingerprint density at radius 1 is 1.15 bits per heavy atom. The van der Waals surface area contributed by atoms with Gasteiger partial charge >= 0.3 is 0 Å². The van der Waals surface area contributed by atoms with E-state index in [2.05, 4.69) is 0 Å². The summed E-state index contributed by atoms with van der Waals surface area (Å²) in [5.74, 6) is 0.121. The first-order valence-electron chi connectivity index (χ1n) is 3.85. The predicted octanol–water partition coefficient (Wildman–Crippen LogP) is 1.88. The lowest BCUT2D eigenvalue weighted by Gasteiger charge is -1.89. The lowest BCUT2D eigenvalue weighted by molar-refractivity contribution is 0.101. The number of hydrogen-bond donors (Lipinski definition) is 0. The Labute approximate surface area is 81.4 Å². The molecule has 0 atom stereocenters. The molecule has 13 heavy (non-hydrogen) atoms. The van der Waals surface area contributed by atoms with E-state index in [1.165, 1.54) is 0 Å². The molecule has 1 aromatic carbocycles. The van der Waals surface area contributed by atoms with Crippen molar-refractivity contribution in [3.8, 4) is 0 Å². The lowest BCUT2D eigenvalue weighted by Crippen LogP contribution is -1.88. The van der Waals surface area contributed by atoms with E-state index in [1.54, 1.807) is 19.4 Å². The molecule has 0 N–H and O–H groups in total. The van der Waals surface area contributed by atoms with Crippen LogP contribution in [-0.2, 0) is 10.8 Å². The fraction of sp³-hybridized carbons (Fsp3) is 0.300. The highest BCUT2D eigenvalue weighted by Crippen LogP contribution is 1.97. The molecule has 2 nitrogen and oxygen atoms in total. The molecule has 0 aliphatic carbocycles. The van der Waals surface area contributed by atoms with Gasteiger partial charge in [-0.05, 0) is 6.92 Å². The summed E-state index contributed by atoms with van der Waals surface area (Å²) in [6.07, 6.45) is 3.28. The number of rotatable bonds is 1. The van der Waals surface area contributed by atoms with Gasteiger partial charge in [-0.3, -0.25) is 9.00 Å². The zero-order chi connectivity index (χ0) is 10.3. The van der Waals surface area contributed by atoms with E-state index in [0.29, 0.717) is 0 Å². The third-order valence-corrected chi connectivity index (χ3v) is 1.18. The Bertz CT molecular complexity index is 276. The summed E-state index contributed by atoms with van der Waals surface area (Å²) in [5, 5.41) is 0. The molecule has 0 spiro atoms. The van der Waals surface area contributed by atoms with E-state index in [9.17, 15) is 9.00 Å². The Kier molecular flexibility index (Phi) is 6.06. The highest BCUT2D eigenvalue weighted by Gasteiger charge is 1.92. The molecule has 0 aliphatic heterocycles. The maximum Gasteiger partial charge on any atom is 0.159 e. The molecule has 0 fully saturated rings. The molecule has 0 heterocycles. The third kappa shape index (κ3) is 7.40. The first-order chi connectivity index (χ1) is 6.04. The first kappa shape index (κ1) is 12.0. The van der Waals surface area contributed by atoms with Crippen LogP contribution < -0.4 is 0 Å². The second-order valence-corrected chi connectivity index (χ2v) is 4.15. The van der Waals surface area contributed by atoms with Crippen LogP contribution in [0.15, 0.2) is 30.3 Å². The van der Waals surface area contributed by atoms with E-state index < -0.39 is 10.8 Å². The van der Waals surface area contributed by atoms with Crippen molar-refractivity contribution in [2.45, 2.75) is 6.92 Å². The van der Waals surface area contributed by atoms with Crippen LogP contribution in [0.25, 0.3) is 0 Å². The van der Waals surface area contributed by atoms with E-state index in [-0.39, 0.29) is 5.78 Å². The fourth-order valence-corrected chi connectivity index (χ4v) is 0.673. The van der Waals surface area contributed by atoms with Crippen LogP contribution in [0.5, 0.6) is 0 Å². The largest absolute Gasteiger partial charge is 0.295 e. The summed E-state index contributed by atoms with van der Waals surface area (Å²) in [7, 11) is -0.611. The molecule has 1 aromatic rings. The van der Waals surface area contributed by atoms with Crippen molar-refractivity contribution in [2.24, 2.45) is 0 Å². The summed E-state index contributed by atoms with van der Waals surface area (Å²) in [6.45, 7) is 1.56. The average molecular weight is 198 g/mol. The maximum atomic E-state index is 10.6. The average Bonchev–Trinajstić information content (AvgIpc) is 2.05. The zero-order valence-corrected chi connectivity index (χ0v) is 8.93. The van der Waals surface area contributed by atoms with Gasteiger partial charge in [-0.15, -0.1) is 0 Å². The number of carbonyl (C=O) groups excluding carboxylic acids is 1. The van der Waals surface area contributed by atoms with E-state index in [4.69, 9.17) is 0 Å². The molecule has 0 bridgehead atoms. The van der Waals surface area contributed by atoms with Crippen molar-refractivity contribution < 1.29 is 9.00 Å². The fourth-order valence-electron chi connectivity index (χ4n) is 0.673. The molecule has 0 radical (unpaired) electrons. The molecule has 0 aliphatic rings. The van der Waals surface area contributed by atoms with Crippen LogP contribution in [0.2, 0.25) is 0 Å². The van der Waals surface area contributed by atoms with Gasteiger partial charge in [-0.25, -0.2) is 0 Å². The van der Waals surface area contributed by atoms with Gasteiger partial charge in [-0.1, -0.05) is 30.3 Å². The van der Waals surface area contributed by atoms with Crippen LogP contribution in [0.4, 0.5) is 0 Å². The Balaban J connectivity index is 0.000000310. The molecule has 3 heteroatoms. The van der Waals surface area contributed by atoms with Crippen LogP contribution in [0.1, 0.15) is 17.3 Å². The highest BCUT2D eigenvalue weighted by atomic mass is 32.2. The number of carbonyl (C=O) groups is 1. The Morgan fingerprint density at radius 2 is 1.54 bits per heavy atom. The second kappa shape index (κ2) is 6.54. The summed E-state index contributed by atoms with van der Waals surface area (Å²) in [5.41, 5.74) is 0.775. The molecule has 0 aromatic heterocycles. The van der Waals surface area contributed by atoms with Gasteiger partial charge in [0.2, 0.25) is 0 Å². The third-order valence-electron chi connectivity index (χ3n) is 1.18. The van der Waals surface area contributed by atoms with Crippen molar-refractivity contribution in [3.63, 3.8) is 0 Å². The molecular weight excluding hydrogens is 184 g/mol. The summed E-state index contributed by atoms with van der Waals surface area (Å²) in [6, 6.07) is 9.23. The maximum absolute atomic E-state index is 10.6. The molecule has 0 saturated heterocycles. The molecule has 0 amide bonds. The molecule has 0 unspecified atom stereocenters. The zero-order valence-electron chi connectivity index (χ0n) is 8.11. The quantitative estimate of drug-likeness (QED) is 0.646. The number of hydrogen-bond acceptors (Lipinski definition) is 2.